The summed E-state index contributed by atoms with van der Waals surface area (Å²) < 4.78 is 12.8. The van der Waals surface area contributed by atoms with E-state index >= 15 is 0 Å². The van der Waals surface area contributed by atoms with Gasteiger partial charge in [-0.2, -0.15) is 0 Å². The first-order valence-electron chi connectivity index (χ1n) is 8.19. The van der Waals surface area contributed by atoms with E-state index in [9.17, 15) is 14.4 Å². The lowest BCUT2D eigenvalue weighted by Crippen LogP contribution is -2.37. The average molecular weight is 373 g/mol. The van der Waals surface area contributed by atoms with Crippen LogP contribution in [0.3, 0.4) is 0 Å². The minimum Gasteiger partial charge on any atom is -0.497 e. The minimum atomic E-state index is -0.457. The van der Waals surface area contributed by atoms with Gasteiger partial charge in [-0.3, -0.25) is 14.2 Å². The highest BCUT2D eigenvalue weighted by Crippen LogP contribution is 2.25. The minimum absolute atomic E-state index is 0.253. The molecule has 1 heterocycles. The number of ether oxygens (including phenoxy) is 2. The molecule has 0 unspecified atom stereocenters. The predicted octanol–water partition coefficient (Wildman–Crippen LogP) is 0.773. The number of aryl methyl sites for hydroxylation is 1. The number of hydrogen-bond acceptors (Lipinski definition) is 5. The van der Waals surface area contributed by atoms with Crippen molar-refractivity contribution >= 4 is 12.0 Å². The molecule has 0 aliphatic carbocycles. The molecule has 0 aliphatic heterocycles. The highest BCUT2D eigenvalue weighted by atomic mass is 16.5. The number of carbonyl (C=O) groups is 1. The monoisotopic (exact) mass is 373 g/mol. The van der Waals surface area contributed by atoms with Crippen LogP contribution in [-0.2, 0) is 25.4 Å². The summed E-state index contributed by atoms with van der Waals surface area (Å²) in [4.78, 5) is 37.7. The molecular formula is C19H23N3O5. The van der Waals surface area contributed by atoms with Crippen molar-refractivity contribution in [2.45, 2.75) is 6.54 Å². The Morgan fingerprint density at radius 3 is 2.52 bits per heavy atom. The third-order valence-electron chi connectivity index (χ3n) is 4.16. The van der Waals surface area contributed by atoms with E-state index in [2.05, 4.69) is 0 Å². The highest BCUT2D eigenvalue weighted by Gasteiger charge is 2.11. The summed E-state index contributed by atoms with van der Waals surface area (Å²) in [6.45, 7) is 0.321. The molecule has 8 heteroatoms. The fourth-order valence-corrected chi connectivity index (χ4v) is 2.55. The topological polar surface area (TPSA) is 82.8 Å². The summed E-state index contributed by atoms with van der Waals surface area (Å²) in [7, 11) is 7.71. The van der Waals surface area contributed by atoms with Crippen LogP contribution in [0.4, 0.5) is 0 Å². The van der Waals surface area contributed by atoms with Gasteiger partial charge in [-0.25, -0.2) is 4.79 Å². The van der Waals surface area contributed by atoms with Gasteiger partial charge in [0.1, 0.15) is 11.5 Å². The van der Waals surface area contributed by atoms with Gasteiger partial charge in [-0.15, -0.1) is 0 Å². The molecule has 1 aromatic carbocycles. The second-order valence-electron chi connectivity index (χ2n) is 6.05. The van der Waals surface area contributed by atoms with Crippen molar-refractivity contribution in [1.29, 1.82) is 0 Å². The van der Waals surface area contributed by atoms with Crippen LogP contribution in [0.15, 0.2) is 40.1 Å². The lowest BCUT2D eigenvalue weighted by molar-refractivity contribution is -0.125. The molecule has 0 aliphatic rings. The van der Waals surface area contributed by atoms with Crippen LogP contribution in [0.2, 0.25) is 0 Å². The molecule has 0 bridgehead atoms. The third kappa shape index (κ3) is 4.46. The highest BCUT2D eigenvalue weighted by molar-refractivity contribution is 5.91. The smallest absolute Gasteiger partial charge is 0.330 e. The predicted molar refractivity (Wildman–Crippen MR) is 102 cm³/mol. The largest absolute Gasteiger partial charge is 0.497 e. The molecule has 0 radical (unpaired) electrons. The molecule has 1 aromatic heterocycles. The van der Waals surface area contributed by atoms with Crippen LogP contribution in [-0.4, -0.2) is 41.2 Å². The summed E-state index contributed by atoms with van der Waals surface area (Å²) in [6.07, 6.45) is 4.12. The second kappa shape index (κ2) is 8.39. The molecule has 0 atom stereocenters. The Morgan fingerprint density at radius 2 is 1.89 bits per heavy atom. The van der Waals surface area contributed by atoms with E-state index < -0.39 is 11.2 Å². The van der Waals surface area contributed by atoms with E-state index in [-0.39, 0.29) is 11.5 Å². The van der Waals surface area contributed by atoms with Crippen LogP contribution in [0.1, 0.15) is 11.1 Å². The van der Waals surface area contributed by atoms with Gasteiger partial charge in [0, 0.05) is 51.6 Å². The van der Waals surface area contributed by atoms with Crippen molar-refractivity contribution in [3.8, 4) is 11.5 Å². The van der Waals surface area contributed by atoms with Crippen LogP contribution >= 0.6 is 0 Å². The van der Waals surface area contributed by atoms with Crippen molar-refractivity contribution in [2.24, 2.45) is 14.1 Å². The molecular weight excluding hydrogens is 350 g/mol. The van der Waals surface area contributed by atoms with Crippen LogP contribution in [0, 0.1) is 0 Å². The number of methoxy groups -OCH3 is 2. The molecule has 27 heavy (non-hydrogen) atoms. The zero-order valence-corrected chi connectivity index (χ0v) is 16.1. The summed E-state index contributed by atoms with van der Waals surface area (Å²) in [5, 5.41) is 0. The van der Waals surface area contributed by atoms with Crippen molar-refractivity contribution < 1.29 is 14.3 Å². The molecule has 0 saturated carbocycles. The third-order valence-corrected chi connectivity index (χ3v) is 4.16. The molecule has 2 rings (SSSR count). The maximum Gasteiger partial charge on any atom is 0.330 e. The van der Waals surface area contributed by atoms with E-state index in [1.165, 1.54) is 34.9 Å². The molecule has 144 valence electrons. The molecule has 0 saturated heterocycles. The van der Waals surface area contributed by atoms with Gasteiger partial charge in [0.05, 0.1) is 19.8 Å². The maximum atomic E-state index is 12.4. The Labute approximate surface area is 156 Å². The van der Waals surface area contributed by atoms with Gasteiger partial charge < -0.3 is 18.9 Å². The van der Waals surface area contributed by atoms with Crippen molar-refractivity contribution in [3.63, 3.8) is 0 Å². The fraction of sp³-hybridized carbons (Fsp3) is 0.316. The van der Waals surface area contributed by atoms with Gasteiger partial charge in [-0.1, -0.05) is 0 Å². The van der Waals surface area contributed by atoms with Gasteiger partial charge in [0.25, 0.3) is 5.56 Å². The van der Waals surface area contributed by atoms with Crippen molar-refractivity contribution in [2.75, 3.05) is 21.3 Å². The van der Waals surface area contributed by atoms with Gasteiger partial charge in [-0.05, 0) is 18.2 Å². The van der Waals surface area contributed by atoms with E-state index in [1.807, 2.05) is 6.07 Å². The maximum absolute atomic E-state index is 12.4. The van der Waals surface area contributed by atoms with Crippen molar-refractivity contribution in [1.82, 2.24) is 14.0 Å². The number of nitrogens with zero attached hydrogens (tertiary/aromatic N) is 3. The van der Waals surface area contributed by atoms with Gasteiger partial charge in [0.2, 0.25) is 5.91 Å². The standard InChI is InChI=1S/C19H23N3O5/c1-20(11-13-6-8-15(26-4)10-16(13)27-5)17(23)9-7-14-12-21(2)19(25)22(3)18(14)24/h6-10,12H,11H2,1-5H3/b9-7+. The summed E-state index contributed by atoms with van der Waals surface area (Å²) in [6, 6.07) is 5.37. The van der Waals surface area contributed by atoms with Crippen LogP contribution < -0.4 is 20.7 Å². The Kier molecular flexibility index (Phi) is 6.23. The molecule has 0 fully saturated rings. The molecule has 1 amide bonds. The van der Waals surface area contributed by atoms with E-state index in [4.69, 9.17) is 9.47 Å². The molecule has 0 spiro atoms. The number of rotatable bonds is 6. The Hall–Kier alpha value is -3.29. The summed E-state index contributed by atoms with van der Waals surface area (Å²) >= 11 is 0. The van der Waals surface area contributed by atoms with E-state index in [1.54, 1.807) is 40.4 Å². The van der Waals surface area contributed by atoms with Gasteiger partial charge >= 0.3 is 5.69 Å². The number of benzene rings is 1. The number of likely N-dealkylation sites (N-methyl/N-ethyl adjacent to an activating group) is 1. The molecule has 8 nitrogen and oxygen atoms in total. The first-order chi connectivity index (χ1) is 12.8. The van der Waals surface area contributed by atoms with Crippen LogP contribution in [0.5, 0.6) is 11.5 Å². The van der Waals surface area contributed by atoms with E-state index in [0.29, 0.717) is 18.0 Å². The zero-order chi connectivity index (χ0) is 20.1. The first-order valence-corrected chi connectivity index (χ1v) is 8.19. The Balaban J connectivity index is 2.18. The zero-order valence-electron chi connectivity index (χ0n) is 16.1. The lowest BCUT2D eigenvalue weighted by Gasteiger charge is -2.17. The Morgan fingerprint density at radius 1 is 1.19 bits per heavy atom. The lowest BCUT2D eigenvalue weighted by atomic mass is 10.1. The number of carbonyl (C=O) groups excluding carboxylic acids is 1. The van der Waals surface area contributed by atoms with Crippen molar-refractivity contribution in [3.05, 3.63) is 62.4 Å². The van der Waals surface area contributed by atoms with E-state index in [0.717, 1.165) is 10.1 Å². The van der Waals surface area contributed by atoms with Crippen LogP contribution in [0.25, 0.3) is 6.08 Å². The quantitative estimate of drug-likeness (QED) is 0.699. The fourth-order valence-electron chi connectivity index (χ4n) is 2.55. The normalized spacial score (nSPS) is 10.9. The first kappa shape index (κ1) is 20.0. The number of aromatic nitrogens is 2. The average Bonchev–Trinajstić information content (AvgIpc) is 2.67. The Bertz CT molecular complexity index is 988. The second-order valence-corrected chi connectivity index (χ2v) is 6.05. The summed E-state index contributed by atoms with van der Waals surface area (Å²) in [5.41, 5.74) is 0.192. The molecule has 0 N–H and O–H groups in total. The number of hydrogen-bond donors (Lipinski definition) is 0. The molecule has 2 aromatic rings. The van der Waals surface area contributed by atoms with Gasteiger partial charge in [0.15, 0.2) is 0 Å². The number of amides is 1. The summed E-state index contributed by atoms with van der Waals surface area (Å²) in [5.74, 6) is 0.990. The SMILES string of the molecule is COc1ccc(CN(C)C(=O)/C=C/c2cn(C)c(=O)n(C)c2=O)c(OC)c1.